The maximum absolute atomic E-state index is 11.4. The van der Waals surface area contributed by atoms with Gasteiger partial charge in [-0.05, 0) is 26.4 Å². The Hall–Kier alpha value is -3.44. The number of nitrogens with zero attached hydrogens (tertiary/aromatic N) is 3. The van der Waals surface area contributed by atoms with Crippen molar-refractivity contribution >= 4 is 11.6 Å². The first-order chi connectivity index (χ1) is 14.5. The van der Waals surface area contributed by atoms with Crippen LogP contribution >= 0.6 is 0 Å². The molecule has 0 bridgehead atoms. The molecule has 0 saturated heterocycles. The third-order valence-corrected chi connectivity index (χ3v) is 3.64. The van der Waals surface area contributed by atoms with Crippen LogP contribution in [0.3, 0.4) is 0 Å². The van der Waals surface area contributed by atoms with E-state index in [0.29, 0.717) is 47.7 Å². The molecule has 11 nitrogen and oxygen atoms in total. The normalized spacial score (nSPS) is 10.2. The van der Waals surface area contributed by atoms with Crippen LogP contribution in [0.25, 0.3) is 11.3 Å². The van der Waals surface area contributed by atoms with Crippen LogP contribution in [0, 0.1) is 6.92 Å². The van der Waals surface area contributed by atoms with Crippen LogP contribution in [-0.4, -0.2) is 52.0 Å². The first-order valence-corrected chi connectivity index (χ1v) is 9.48. The van der Waals surface area contributed by atoms with E-state index in [1.165, 1.54) is 12.4 Å². The predicted molar refractivity (Wildman–Crippen MR) is 115 cm³/mol. The first-order valence-electron chi connectivity index (χ1n) is 9.48. The molecule has 30 heavy (non-hydrogen) atoms. The summed E-state index contributed by atoms with van der Waals surface area (Å²) in [6, 6.07) is 3.59. The van der Waals surface area contributed by atoms with E-state index in [1.54, 1.807) is 13.2 Å². The number of hydrogen-bond acceptors (Lipinski definition) is 9. The minimum absolute atomic E-state index is 0.309. The molecule has 0 spiro atoms. The van der Waals surface area contributed by atoms with Crippen molar-refractivity contribution in [3.8, 4) is 22.9 Å². The van der Waals surface area contributed by atoms with Crippen molar-refractivity contribution in [3.05, 3.63) is 40.6 Å². The lowest BCUT2D eigenvalue weighted by molar-refractivity contribution is 0.310. The number of rotatable bonds is 8. The second-order valence-electron chi connectivity index (χ2n) is 6.15. The molecular formula is C19H28N8O3. The Balaban J connectivity index is 0.00000101. The number of nitrogens with one attached hydrogen (secondary N) is 3. The third kappa shape index (κ3) is 6.29. The summed E-state index contributed by atoms with van der Waals surface area (Å²) in [4.78, 5) is 22.2. The number of aromatic amines is 2. The van der Waals surface area contributed by atoms with Gasteiger partial charge in [-0.25, -0.2) is 4.98 Å². The average molecular weight is 416 g/mol. The lowest BCUT2D eigenvalue weighted by Gasteiger charge is -2.14. The monoisotopic (exact) mass is 416 g/mol. The third-order valence-electron chi connectivity index (χ3n) is 3.64. The van der Waals surface area contributed by atoms with Gasteiger partial charge in [0.15, 0.2) is 5.82 Å². The van der Waals surface area contributed by atoms with Crippen LogP contribution in [0.15, 0.2) is 29.3 Å². The van der Waals surface area contributed by atoms with Crippen molar-refractivity contribution in [1.29, 1.82) is 0 Å². The van der Waals surface area contributed by atoms with Crippen LogP contribution in [0.2, 0.25) is 0 Å². The Labute approximate surface area is 174 Å². The molecule has 0 aromatic carbocycles. The molecule has 11 heteroatoms. The highest BCUT2D eigenvalue weighted by atomic mass is 16.5. The van der Waals surface area contributed by atoms with Gasteiger partial charge in [0.1, 0.15) is 17.1 Å². The largest absolute Gasteiger partial charge is 0.493 e. The van der Waals surface area contributed by atoms with E-state index in [4.69, 9.17) is 20.9 Å². The van der Waals surface area contributed by atoms with E-state index in [0.717, 1.165) is 18.7 Å². The molecule has 0 aliphatic heterocycles. The van der Waals surface area contributed by atoms with Gasteiger partial charge in [0.25, 0.3) is 5.56 Å². The summed E-state index contributed by atoms with van der Waals surface area (Å²) in [5.41, 5.74) is 12.2. The van der Waals surface area contributed by atoms with Gasteiger partial charge >= 0.3 is 0 Å². The molecule has 0 aliphatic carbocycles. The molecular weight excluding hydrogens is 388 g/mol. The second kappa shape index (κ2) is 11.5. The molecule has 0 unspecified atom stereocenters. The van der Waals surface area contributed by atoms with Gasteiger partial charge in [0.05, 0.1) is 31.8 Å². The van der Waals surface area contributed by atoms with Crippen molar-refractivity contribution in [2.75, 3.05) is 32.1 Å². The SMILES string of the molecule is CCN.COc1nc(C)cc(OCCCN)c1-c1cc(Nc2cncc(=O)[nH]2)n[nH]1. The number of ether oxygens (including phenoxy) is 2. The fraction of sp³-hybridized carbons (Fsp3) is 0.368. The summed E-state index contributed by atoms with van der Waals surface area (Å²) in [7, 11) is 1.55. The topological polar surface area (TPSA) is 170 Å². The molecule has 0 saturated carbocycles. The zero-order valence-electron chi connectivity index (χ0n) is 17.4. The number of aromatic nitrogens is 5. The fourth-order valence-corrected chi connectivity index (χ4v) is 2.48. The lowest BCUT2D eigenvalue weighted by atomic mass is 10.1. The molecule has 0 radical (unpaired) electrons. The number of H-pyrrole nitrogens is 2. The van der Waals surface area contributed by atoms with Crippen molar-refractivity contribution in [2.24, 2.45) is 11.5 Å². The molecule has 0 fully saturated rings. The Morgan fingerprint density at radius 3 is 2.67 bits per heavy atom. The van der Waals surface area contributed by atoms with Crippen molar-refractivity contribution in [3.63, 3.8) is 0 Å². The number of aryl methyl sites for hydroxylation is 1. The van der Waals surface area contributed by atoms with E-state index < -0.39 is 0 Å². The van der Waals surface area contributed by atoms with Crippen LogP contribution < -0.4 is 31.8 Å². The number of pyridine rings is 1. The molecule has 3 rings (SSSR count). The maximum atomic E-state index is 11.4. The quantitative estimate of drug-likeness (QED) is 0.340. The summed E-state index contributed by atoms with van der Waals surface area (Å²) in [5.74, 6) is 1.96. The molecule has 3 heterocycles. The highest BCUT2D eigenvalue weighted by Gasteiger charge is 2.18. The van der Waals surface area contributed by atoms with Gasteiger partial charge in [0.2, 0.25) is 5.88 Å². The number of anilines is 2. The van der Waals surface area contributed by atoms with Gasteiger partial charge in [-0.1, -0.05) is 6.92 Å². The Morgan fingerprint density at radius 1 is 1.23 bits per heavy atom. The van der Waals surface area contributed by atoms with Crippen molar-refractivity contribution in [1.82, 2.24) is 25.1 Å². The van der Waals surface area contributed by atoms with Gasteiger partial charge in [-0.15, -0.1) is 0 Å². The first kappa shape index (κ1) is 22.8. The summed E-state index contributed by atoms with van der Waals surface area (Å²) in [6.45, 7) is 5.53. The van der Waals surface area contributed by atoms with Crippen LogP contribution in [-0.2, 0) is 0 Å². The zero-order chi connectivity index (χ0) is 21.9. The van der Waals surface area contributed by atoms with Gasteiger partial charge in [0, 0.05) is 17.8 Å². The second-order valence-corrected chi connectivity index (χ2v) is 6.15. The van der Waals surface area contributed by atoms with Crippen LogP contribution in [0.5, 0.6) is 11.6 Å². The predicted octanol–water partition coefficient (Wildman–Crippen LogP) is 1.31. The standard InChI is InChI=1S/C17H21N7O3.C2H7N/c1-10-6-12(27-5-3-4-18)16(17(20-10)26-2)11-7-13(24-23-11)21-14-8-19-9-15(25)22-14;1-2-3/h6-9H,3-5,18H2,1-2H3,(H3,21,22,23,24,25);2-3H2,1H3. The summed E-state index contributed by atoms with van der Waals surface area (Å²) in [6.07, 6.45) is 3.41. The summed E-state index contributed by atoms with van der Waals surface area (Å²) < 4.78 is 11.3. The molecule has 0 atom stereocenters. The molecule has 7 N–H and O–H groups in total. The van der Waals surface area contributed by atoms with Crippen LogP contribution in [0.4, 0.5) is 11.6 Å². The van der Waals surface area contributed by atoms with Crippen LogP contribution in [0.1, 0.15) is 19.0 Å². The summed E-state index contributed by atoms with van der Waals surface area (Å²) >= 11 is 0. The van der Waals surface area contributed by atoms with E-state index in [2.05, 4.69) is 30.5 Å². The smallest absolute Gasteiger partial charge is 0.267 e. The van der Waals surface area contributed by atoms with Gasteiger partial charge in [-0.2, -0.15) is 5.10 Å². The minimum Gasteiger partial charge on any atom is -0.493 e. The van der Waals surface area contributed by atoms with Gasteiger partial charge in [-0.3, -0.25) is 14.9 Å². The molecule has 0 aliphatic rings. The Morgan fingerprint density at radius 2 is 2.00 bits per heavy atom. The Bertz CT molecular complexity index is 986. The molecule has 162 valence electrons. The molecule has 0 amide bonds. The fourth-order valence-electron chi connectivity index (χ4n) is 2.48. The van der Waals surface area contributed by atoms with Crippen molar-refractivity contribution < 1.29 is 9.47 Å². The van der Waals surface area contributed by atoms with E-state index in [-0.39, 0.29) is 5.56 Å². The average Bonchev–Trinajstić information content (AvgIpc) is 3.16. The highest BCUT2D eigenvalue weighted by Crippen LogP contribution is 2.37. The van der Waals surface area contributed by atoms with Crippen molar-refractivity contribution in [2.45, 2.75) is 20.3 Å². The number of hydrogen-bond donors (Lipinski definition) is 5. The van der Waals surface area contributed by atoms with E-state index >= 15 is 0 Å². The zero-order valence-corrected chi connectivity index (χ0v) is 17.4. The highest BCUT2D eigenvalue weighted by molar-refractivity contribution is 5.75. The minimum atomic E-state index is -0.309. The lowest BCUT2D eigenvalue weighted by Crippen LogP contribution is -2.08. The molecule has 3 aromatic heterocycles. The number of methoxy groups -OCH3 is 1. The summed E-state index contributed by atoms with van der Waals surface area (Å²) in [5, 5.41) is 10.1. The Kier molecular flexibility index (Phi) is 8.78. The van der Waals surface area contributed by atoms with E-state index in [9.17, 15) is 4.79 Å². The molecule has 3 aromatic rings. The van der Waals surface area contributed by atoms with Gasteiger partial charge < -0.3 is 31.2 Å². The van der Waals surface area contributed by atoms with E-state index in [1.807, 2.05) is 19.9 Å². The maximum Gasteiger partial charge on any atom is 0.267 e. The number of nitrogens with two attached hydrogens (primary N) is 2.